The molecule has 0 aliphatic rings. The normalized spacial score (nSPS) is 15.8. The quantitative estimate of drug-likeness (QED) is 0.473. The maximum atomic E-state index is 3.57. The summed E-state index contributed by atoms with van der Waals surface area (Å²) in [7, 11) is 0. The van der Waals surface area contributed by atoms with Gasteiger partial charge in [0.2, 0.25) is 0 Å². The maximum Gasteiger partial charge on any atom is 0.0349 e. The molecule has 0 aliphatic heterocycles. The Morgan fingerprint density at radius 2 is 2.11 bits per heavy atom. The number of hydrogen-bond donors (Lipinski definition) is 0. The molecule has 1 heteroatoms. The van der Waals surface area contributed by atoms with Crippen molar-refractivity contribution in [1.82, 2.24) is 0 Å². The average molecular weight is 191 g/mol. The first-order valence-corrected chi connectivity index (χ1v) is 4.44. The van der Waals surface area contributed by atoms with Crippen molar-refractivity contribution >= 4 is 15.9 Å². The summed E-state index contributed by atoms with van der Waals surface area (Å²) in [5.41, 5.74) is 1.46. The smallest absolute Gasteiger partial charge is 0.0349 e. The van der Waals surface area contributed by atoms with Crippen molar-refractivity contribution in [3.05, 3.63) is 11.6 Å². The summed E-state index contributed by atoms with van der Waals surface area (Å²) in [6.45, 7) is 6.53. The third-order valence-electron chi connectivity index (χ3n) is 1.38. The van der Waals surface area contributed by atoms with E-state index in [9.17, 15) is 0 Å². The fourth-order valence-electron chi connectivity index (χ4n) is 0.772. The number of allylic oxidation sites excluding steroid dienone is 2. The standard InChI is InChI=1S/C8H15Br/c1-4-6-7(3)8(9)5-2/h6,8H,4-5H2,1-3H3/b7-6+. The van der Waals surface area contributed by atoms with Gasteiger partial charge in [-0.15, -0.1) is 0 Å². The minimum atomic E-state index is 0.595. The van der Waals surface area contributed by atoms with Crippen molar-refractivity contribution in [2.45, 2.75) is 38.4 Å². The van der Waals surface area contributed by atoms with Gasteiger partial charge in [0.25, 0.3) is 0 Å². The Kier molecular flexibility index (Phi) is 5.16. The minimum Gasteiger partial charge on any atom is -0.0848 e. The van der Waals surface area contributed by atoms with Crippen molar-refractivity contribution in [3.8, 4) is 0 Å². The highest BCUT2D eigenvalue weighted by atomic mass is 79.9. The molecule has 0 spiro atoms. The first-order valence-electron chi connectivity index (χ1n) is 3.53. The predicted octanol–water partition coefficient (Wildman–Crippen LogP) is 3.52. The molecule has 0 aliphatic carbocycles. The van der Waals surface area contributed by atoms with Crippen LogP contribution in [0.1, 0.15) is 33.6 Å². The van der Waals surface area contributed by atoms with Crippen LogP contribution in [0.2, 0.25) is 0 Å². The van der Waals surface area contributed by atoms with E-state index in [-0.39, 0.29) is 0 Å². The number of halogens is 1. The van der Waals surface area contributed by atoms with E-state index in [0.717, 1.165) is 6.42 Å². The van der Waals surface area contributed by atoms with Crippen molar-refractivity contribution in [1.29, 1.82) is 0 Å². The van der Waals surface area contributed by atoms with Crippen molar-refractivity contribution in [3.63, 3.8) is 0 Å². The number of alkyl halides is 1. The van der Waals surface area contributed by atoms with Gasteiger partial charge in [-0.3, -0.25) is 0 Å². The van der Waals surface area contributed by atoms with Crippen molar-refractivity contribution in [2.24, 2.45) is 0 Å². The van der Waals surface area contributed by atoms with Gasteiger partial charge < -0.3 is 0 Å². The van der Waals surface area contributed by atoms with Crippen molar-refractivity contribution in [2.75, 3.05) is 0 Å². The molecule has 0 bridgehead atoms. The topological polar surface area (TPSA) is 0 Å². The van der Waals surface area contributed by atoms with Crippen LogP contribution in [0.4, 0.5) is 0 Å². The molecule has 0 nitrogen and oxygen atoms in total. The maximum absolute atomic E-state index is 3.57. The average Bonchev–Trinajstić information content (AvgIpc) is 1.87. The molecule has 54 valence electrons. The summed E-state index contributed by atoms with van der Waals surface area (Å²) >= 11 is 3.57. The summed E-state index contributed by atoms with van der Waals surface area (Å²) in [5.74, 6) is 0. The van der Waals surface area contributed by atoms with E-state index in [1.165, 1.54) is 12.0 Å². The lowest BCUT2D eigenvalue weighted by Crippen LogP contribution is -1.95. The van der Waals surface area contributed by atoms with Gasteiger partial charge in [-0.1, -0.05) is 41.4 Å². The molecule has 0 fully saturated rings. The summed E-state index contributed by atoms with van der Waals surface area (Å²) in [6, 6.07) is 0. The summed E-state index contributed by atoms with van der Waals surface area (Å²) in [6.07, 6.45) is 4.60. The van der Waals surface area contributed by atoms with E-state index < -0.39 is 0 Å². The van der Waals surface area contributed by atoms with E-state index in [1.54, 1.807) is 0 Å². The molecule has 0 aromatic rings. The molecule has 0 aromatic carbocycles. The van der Waals surface area contributed by atoms with Gasteiger partial charge in [0.1, 0.15) is 0 Å². The largest absolute Gasteiger partial charge is 0.0848 e. The van der Waals surface area contributed by atoms with Crippen molar-refractivity contribution < 1.29 is 0 Å². The molecule has 0 rings (SSSR count). The molecule has 0 saturated carbocycles. The monoisotopic (exact) mass is 190 g/mol. The Bertz CT molecular complexity index is 94.7. The van der Waals surface area contributed by atoms with Crippen LogP contribution in [0.3, 0.4) is 0 Å². The van der Waals surface area contributed by atoms with E-state index in [2.05, 4.69) is 42.8 Å². The zero-order valence-electron chi connectivity index (χ0n) is 6.45. The molecule has 1 unspecified atom stereocenters. The lowest BCUT2D eigenvalue weighted by Gasteiger charge is -2.05. The zero-order valence-corrected chi connectivity index (χ0v) is 8.03. The lowest BCUT2D eigenvalue weighted by molar-refractivity contribution is 0.928. The second-order valence-corrected chi connectivity index (χ2v) is 3.34. The minimum absolute atomic E-state index is 0.595. The first-order chi connectivity index (χ1) is 4.22. The van der Waals surface area contributed by atoms with Crippen LogP contribution in [-0.4, -0.2) is 4.83 Å². The molecular weight excluding hydrogens is 176 g/mol. The molecule has 0 aromatic heterocycles. The summed E-state index contributed by atoms with van der Waals surface area (Å²) in [4.78, 5) is 0.595. The third kappa shape index (κ3) is 3.74. The molecule has 0 saturated heterocycles. The third-order valence-corrected chi connectivity index (χ3v) is 2.75. The highest BCUT2D eigenvalue weighted by Crippen LogP contribution is 2.14. The highest BCUT2D eigenvalue weighted by molar-refractivity contribution is 9.09. The van der Waals surface area contributed by atoms with Crippen LogP contribution < -0.4 is 0 Å². The molecule has 0 amide bonds. The fraction of sp³-hybridized carbons (Fsp3) is 0.750. The molecule has 0 heterocycles. The van der Waals surface area contributed by atoms with Crippen LogP contribution in [0.5, 0.6) is 0 Å². The highest BCUT2D eigenvalue weighted by Gasteiger charge is 1.99. The van der Waals surface area contributed by atoms with Crippen LogP contribution >= 0.6 is 15.9 Å². The van der Waals surface area contributed by atoms with E-state index in [1.807, 2.05) is 0 Å². The zero-order chi connectivity index (χ0) is 7.28. The molecule has 0 N–H and O–H groups in total. The molecular formula is C8H15Br. The second kappa shape index (κ2) is 5.04. The number of hydrogen-bond acceptors (Lipinski definition) is 0. The Balaban J connectivity index is 3.70. The summed E-state index contributed by atoms with van der Waals surface area (Å²) in [5, 5.41) is 0. The van der Waals surface area contributed by atoms with Crippen LogP contribution in [0.25, 0.3) is 0 Å². The Labute approximate surface area is 66.5 Å². The predicted molar refractivity (Wildman–Crippen MR) is 47.1 cm³/mol. The summed E-state index contributed by atoms with van der Waals surface area (Å²) < 4.78 is 0. The van der Waals surface area contributed by atoms with E-state index in [0.29, 0.717) is 4.83 Å². The van der Waals surface area contributed by atoms with Crippen LogP contribution in [0.15, 0.2) is 11.6 Å². The molecule has 1 atom stereocenters. The molecule has 9 heavy (non-hydrogen) atoms. The second-order valence-electron chi connectivity index (χ2n) is 2.23. The fourth-order valence-corrected chi connectivity index (χ4v) is 0.959. The van der Waals surface area contributed by atoms with Gasteiger partial charge in [-0.05, 0) is 19.8 Å². The van der Waals surface area contributed by atoms with E-state index in [4.69, 9.17) is 0 Å². The van der Waals surface area contributed by atoms with Crippen LogP contribution in [0, 0.1) is 0 Å². The first kappa shape index (κ1) is 9.22. The SMILES string of the molecule is CC/C=C(\C)C(Br)CC. The van der Waals surface area contributed by atoms with Gasteiger partial charge >= 0.3 is 0 Å². The molecule has 0 radical (unpaired) electrons. The Morgan fingerprint density at radius 3 is 2.44 bits per heavy atom. The van der Waals surface area contributed by atoms with E-state index >= 15 is 0 Å². The van der Waals surface area contributed by atoms with Gasteiger partial charge in [-0.2, -0.15) is 0 Å². The Morgan fingerprint density at radius 1 is 1.56 bits per heavy atom. The lowest BCUT2D eigenvalue weighted by atomic mass is 10.1. The van der Waals surface area contributed by atoms with Gasteiger partial charge in [-0.25, -0.2) is 0 Å². The Hall–Kier alpha value is 0.220. The number of rotatable bonds is 3. The van der Waals surface area contributed by atoms with Gasteiger partial charge in [0.05, 0.1) is 0 Å². The van der Waals surface area contributed by atoms with Gasteiger partial charge in [0, 0.05) is 4.83 Å². The van der Waals surface area contributed by atoms with Crippen LogP contribution in [-0.2, 0) is 0 Å². The van der Waals surface area contributed by atoms with Gasteiger partial charge in [0.15, 0.2) is 0 Å².